The second kappa shape index (κ2) is 29.3. The number of hydrogen-bond donors (Lipinski definition) is 0. The molecular formula is C64H56BrLiO2P4. The summed E-state index contributed by atoms with van der Waals surface area (Å²) in [5, 5.41) is 14.4. The Morgan fingerprint density at radius 1 is 0.347 bits per heavy atom. The molecule has 0 bridgehead atoms. The van der Waals surface area contributed by atoms with Crippen molar-refractivity contribution < 1.29 is 28.3 Å². The van der Waals surface area contributed by atoms with Crippen LogP contribution in [0.2, 0.25) is 0 Å². The Morgan fingerprint density at radius 2 is 0.681 bits per heavy atom. The molecule has 1 atom stereocenters. The van der Waals surface area contributed by atoms with Crippen molar-refractivity contribution >= 4 is 101 Å². The van der Waals surface area contributed by atoms with E-state index in [1.165, 1.54) is 72.8 Å². The van der Waals surface area contributed by atoms with Gasteiger partial charge in [-0.1, -0.05) is 283 Å². The maximum atomic E-state index is 5.82. The van der Waals surface area contributed by atoms with Crippen molar-refractivity contribution in [1.29, 1.82) is 0 Å². The molecule has 0 fully saturated rings. The van der Waals surface area contributed by atoms with Gasteiger partial charge in [-0.15, -0.1) is 0 Å². The summed E-state index contributed by atoms with van der Waals surface area (Å²) in [6.45, 7) is 0. The molecule has 0 aliphatic rings. The van der Waals surface area contributed by atoms with Gasteiger partial charge in [0, 0.05) is 16.8 Å². The third kappa shape index (κ3) is 14.9. The van der Waals surface area contributed by atoms with Crippen LogP contribution in [-0.4, -0.2) is 14.2 Å². The first-order valence-electron chi connectivity index (χ1n) is 23.5. The Balaban J connectivity index is 0.000000174. The first-order valence-corrected chi connectivity index (χ1v) is 29.8. The summed E-state index contributed by atoms with van der Waals surface area (Å²) in [5.74, 6) is 1.91. The quantitative estimate of drug-likeness (QED) is 0.0579. The third-order valence-corrected chi connectivity index (χ3v) is 20.9. The van der Waals surface area contributed by atoms with E-state index in [0.29, 0.717) is 0 Å². The van der Waals surface area contributed by atoms with Gasteiger partial charge in [0.05, 0.1) is 20.0 Å². The maximum absolute atomic E-state index is 5.82. The summed E-state index contributed by atoms with van der Waals surface area (Å²) >= 11 is 3.63. The second-order valence-corrected chi connectivity index (χ2v) is 24.4. The van der Waals surface area contributed by atoms with E-state index in [4.69, 9.17) is 9.47 Å². The summed E-state index contributed by atoms with van der Waals surface area (Å²) in [6, 6.07) is 99.2. The monoisotopic (exact) mass is 1070 g/mol. The van der Waals surface area contributed by atoms with E-state index < -0.39 is 23.8 Å². The molecule has 1 unspecified atom stereocenters. The Kier molecular flexibility index (Phi) is 22.2. The number of hydrogen-bond acceptors (Lipinski definition) is 2. The average molecular weight is 1070 g/mol. The van der Waals surface area contributed by atoms with Crippen LogP contribution in [0.1, 0.15) is 11.1 Å². The summed E-state index contributed by atoms with van der Waals surface area (Å²) in [7, 11) is 2.85. The number of rotatable bonds is 15. The SMILES string of the molecule is BrCc1ccccc1P(c1ccccc1)c1ccccc1.COc1ccccc1P(Cc1ccccc1P(c1ccccc1)c1ccccc1)c1ccccc1.COc1ccccc1[P-]c1ccccc1.[Li+]. The average Bonchev–Trinajstić information content (AvgIpc) is 3.45. The van der Waals surface area contributed by atoms with Crippen molar-refractivity contribution in [1.82, 2.24) is 0 Å². The fourth-order valence-corrected chi connectivity index (χ4v) is 17.5. The van der Waals surface area contributed by atoms with Crippen LogP contribution in [0.3, 0.4) is 0 Å². The number of para-hydroxylation sites is 2. The van der Waals surface area contributed by atoms with Gasteiger partial charge in [0.2, 0.25) is 0 Å². The normalized spacial score (nSPS) is 11.1. The molecule has 0 aliphatic heterocycles. The van der Waals surface area contributed by atoms with Crippen LogP contribution in [0, 0.1) is 0 Å². The molecule has 0 radical (unpaired) electrons. The van der Waals surface area contributed by atoms with Gasteiger partial charge in [-0.05, 0) is 84.2 Å². The van der Waals surface area contributed by atoms with E-state index in [-0.39, 0.29) is 18.9 Å². The molecule has 10 aromatic rings. The van der Waals surface area contributed by atoms with E-state index in [1.54, 1.807) is 14.2 Å². The number of alkyl halides is 1. The van der Waals surface area contributed by atoms with Crippen LogP contribution in [-0.2, 0) is 11.5 Å². The van der Waals surface area contributed by atoms with E-state index >= 15 is 0 Å². The first-order chi connectivity index (χ1) is 35.1. The summed E-state index contributed by atoms with van der Waals surface area (Å²) in [5.41, 5.74) is 2.78. The van der Waals surface area contributed by atoms with Gasteiger partial charge in [-0.25, -0.2) is 0 Å². The zero-order valence-electron chi connectivity index (χ0n) is 41.0. The van der Waals surface area contributed by atoms with Crippen molar-refractivity contribution in [3.8, 4) is 11.5 Å². The molecule has 352 valence electrons. The molecule has 72 heavy (non-hydrogen) atoms. The topological polar surface area (TPSA) is 18.5 Å². The van der Waals surface area contributed by atoms with Crippen molar-refractivity contribution in [3.05, 3.63) is 290 Å². The van der Waals surface area contributed by atoms with Crippen molar-refractivity contribution in [2.75, 3.05) is 14.2 Å². The standard InChI is InChI=1S/C32H28OP2.C19H16BrP.C13H12OP.Li/c1-33-30-22-12-14-24-32(30)34(27-16-5-2-6-17-27)25-26-15-11-13-23-31(26)35(28-18-7-3-8-19-28)29-20-9-4-10-21-29;20-15-16-9-7-8-14-19(16)21(17-10-3-1-4-11-17)18-12-5-2-6-13-18;1-14-12-9-5-6-10-13(12)15-11-7-3-2-4-8-11;/h2-24H,25H2,1H3;1-14H,15H2;2-10H,1H3;/q;;-1;+1. The minimum absolute atomic E-state index is 0. The molecule has 0 heterocycles. The van der Waals surface area contributed by atoms with Crippen LogP contribution in [0.4, 0.5) is 0 Å². The fourth-order valence-electron chi connectivity index (χ4n) is 8.18. The zero-order chi connectivity index (χ0) is 48.9. The molecule has 0 saturated heterocycles. The summed E-state index contributed by atoms with van der Waals surface area (Å²) < 4.78 is 11.1. The number of benzene rings is 10. The molecule has 0 spiro atoms. The van der Waals surface area contributed by atoms with Gasteiger partial charge in [-0.2, -0.15) is 10.6 Å². The van der Waals surface area contributed by atoms with Crippen LogP contribution >= 0.6 is 48.3 Å². The smallest absolute Gasteiger partial charge is 0.499 e. The minimum Gasteiger partial charge on any atom is -0.499 e. The molecular weight excluding hydrogens is 1010 g/mol. The Bertz CT molecular complexity index is 3040. The molecule has 0 aliphatic carbocycles. The van der Waals surface area contributed by atoms with Gasteiger partial charge in [0.1, 0.15) is 5.75 Å². The van der Waals surface area contributed by atoms with Gasteiger partial charge in [0.15, 0.2) is 0 Å². The largest absolute Gasteiger partial charge is 1.00 e. The Hall–Kier alpha value is -5.40. The molecule has 10 aromatic carbocycles. The molecule has 0 N–H and O–H groups in total. The van der Waals surface area contributed by atoms with Crippen molar-refractivity contribution in [2.45, 2.75) is 11.5 Å². The van der Waals surface area contributed by atoms with Gasteiger partial charge >= 0.3 is 18.9 Å². The molecule has 8 heteroatoms. The zero-order valence-corrected chi connectivity index (χ0v) is 46.1. The molecule has 0 saturated carbocycles. The van der Waals surface area contributed by atoms with Gasteiger partial charge < -0.3 is 18.1 Å². The number of ether oxygens (including phenoxy) is 2. The molecule has 0 aromatic heterocycles. The maximum Gasteiger partial charge on any atom is 1.00 e. The van der Waals surface area contributed by atoms with Gasteiger partial charge in [0.25, 0.3) is 0 Å². The van der Waals surface area contributed by atoms with Crippen LogP contribution in [0.5, 0.6) is 11.5 Å². The van der Waals surface area contributed by atoms with Crippen LogP contribution in [0.25, 0.3) is 0 Å². The van der Waals surface area contributed by atoms with Crippen molar-refractivity contribution in [2.24, 2.45) is 0 Å². The van der Waals surface area contributed by atoms with Gasteiger partial charge in [-0.3, -0.25) is 0 Å². The van der Waals surface area contributed by atoms with Crippen LogP contribution < -0.4 is 81.4 Å². The molecule has 2 nitrogen and oxygen atoms in total. The second-order valence-electron chi connectivity index (χ2n) is 16.1. The molecule has 10 rings (SSSR count). The first kappa shape index (κ1) is 54.4. The summed E-state index contributed by atoms with van der Waals surface area (Å²) in [4.78, 5) is 0. The van der Waals surface area contributed by atoms with E-state index in [2.05, 4.69) is 271 Å². The number of halogens is 1. The van der Waals surface area contributed by atoms with Crippen molar-refractivity contribution in [3.63, 3.8) is 0 Å². The minimum atomic E-state index is -0.667. The molecule has 0 amide bonds. The predicted molar refractivity (Wildman–Crippen MR) is 318 cm³/mol. The number of methoxy groups -OCH3 is 2. The Morgan fingerprint density at radius 3 is 1.12 bits per heavy atom. The van der Waals surface area contributed by atoms with Crippen LogP contribution in [0.15, 0.2) is 279 Å². The van der Waals surface area contributed by atoms with E-state index in [0.717, 1.165) is 23.0 Å². The summed E-state index contributed by atoms with van der Waals surface area (Å²) in [6.07, 6.45) is 0.967. The third-order valence-electron chi connectivity index (χ3n) is 11.5. The predicted octanol–water partition coefficient (Wildman–Crippen LogP) is 10.0. The van der Waals surface area contributed by atoms with E-state index in [1.807, 2.05) is 24.3 Å². The Labute approximate surface area is 453 Å². The fraction of sp³-hybridized carbons (Fsp3) is 0.0625. The van der Waals surface area contributed by atoms with E-state index in [9.17, 15) is 0 Å².